The maximum atomic E-state index is 13.4. The predicted molar refractivity (Wildman–Crippen MR) is 89.8 cm³/mol. The molecule has 3 heterocycles. The average molecular weight is 322 g/mol. The Bertz CT molecular complexity index is 1080. The second-order valence-corrected chi connectivity index (χ2v) is 6.26. The number of H-pyrrole nitrogens is 1. The number of anilines is 2. The third kappa shape index (κ3) is 2.05. The predicted octanol–water partition coefficient (Wildman–Crippen LogP) is 3.60. The van der Waals surface area contributed by atoms with Gasteiger partial charge < -0.3 is 5.32 Å². The summed E-state index contributed by atoms with van der Waals surface area (Å²) >= 11 is 0. The molecule has 120 valence electrons. The van der Waals surface area contributed by atoms with Crippen molar-refractivity contribution in [3.05, 3.63) is 42.0 Å². The zero-order valence-corrected chi connectivity index (χ0v) is 13.0. The van der Waals surface area contributed by atoms with E-state index >= 15 is 0 Å². The Balaban J connectivity index is 1.56. The zero-order chi connectivity index (χ0) is 16.3. The molecule has 5 rings (SSSR count). The molecule has 0 atom stereocenters. The number of fused-ring (bicyclic) bond motifs is 2. The lowest BCUT2D eigenvalue weighted by atomic mass is 10.1. The molecule has 3 aromatic heterocycles. The Hall–Kier alpha value is -2.96. The molecule has 1 aromatic carbocycles. The van der Waals surface area contributed by atoms with E-state index < -0.39 is 0 Å². The Labute approximate surface area is 136 Å². The molecule has 1 aliphatic rings. The smallest absolute Gasteiger partial charge is 0.183 e. The van der Waals surface area contributed by atoms with Crippen LogP contribution in [0.1, 0.15) is 24.5 Å². The fraction of sp³-hybridized carbons (Fsp3) is 0.235. The number of nitrogens with one attached hydrogen (secondary N) is 2. The fourth-order valence-electron chi connectivity index (χ4n) is 3.14. The molecule has 7 heteroatoms. The molecule has 0 radical (unpaired) electrons. The van der Waals surface area contributed by atoms with Crippen LogP contribution in [0.5, 0.6) is 0 Å². The summed E-state index contributed by atoms with van der Waals surface area (Å²) in [5.41, 5.74) is 3.64. The highest BCUT2D eigenvalue weighted by Gasteiger charge is 2.28. The highest BCUT2D eigenvalue weighted by molar-refractivity contribution is 5.91. The van der Waals surface area contributed by atoms with Crippen molar-refractivity contribution in [2.24, 2.45) is 7.05 Å². The monoisotopic (exact) mass is 322 g/mol. The maximum Gasteiger partial charge on any atom is 0.183 e. The summed E-state index contributed by atoms with van der Waals surface area (Å²) < 4.78 is 15.4. The van der Waals surface area contributed by atoms with E-state index in [1.54, 1.807) is 0 Å². The number of pyridine rings is 1. The van der Waals surface area contributed by atoms with Crippen molar-refractivity contribution >= 4 is 33.4 Å². The van der Waals surface area contributed by atoms with Crippen LogP contribution < -0.4 is 5.32 Å². The van der Waals surface area contributed by atoms with E-state index in [0.29, 0.717) is 22.8 Å². The van der Waals surface area contributed by atoms with Crippen molar-refractivity contribution in [1.29, 1.82) is 0 Å². The second-order valence-electron chi connectivity index (χ2n) is 6.26. The van der Waals surface area contributed by atoms with Gasteiger partial charge in [0.25, 0.3) is 0 Å². The van der Waals surface area contributed by atoms with Crippen LogP contribution >= 0.6 is 0 Å². The van der Waals surface area contributed by atoms with Crippen molar-refractivity contribution in [3.63, 3.8) is 0 Å². The molecular weight excluding hydrogens is 307 g/mol. The van der Waals surface area contributed by atoms with Gasteiger partial charge in [0.1, 0.15) is 11.6 Å². The van der Waals surface area contributed by atoms with Gasteiger partial charge in [-0.05, 0) is 37.1 Å². The van der Waals surface area contributed by atoms with E-state index in [4.69, 9.17) is 0 Å². The Morgan fingerprint density at radius 2 is 2.12 bits per heavy atom. The summed E-state index contributed by atoms with van der Waals surface area (Å²) in [7, 11) is 1.96. The first-order valence-corrected chi connectivity index (χ1v) is 7.92. The highest BCUT2D eigenvalue weighted by Crippen LogP contribution is 2.42. The lowest BCUT2D eigenvalue weighted by molar-refractivity contribution is 0.624. The van der Waals surface area contributed by atoms with E-state index in [1.807, 2.05) is 23.9 Å². The molecule has 0 aliphatic heterocycles. The summed E-state index contributed by atoms with van der Waals surface area (Å²) in [6.45, 7) is 0. The number of halogens is 1. The molecule has 1 saturated carbocycles. The van der Waals surface area contributed by atoms with E-state index in [1.165, 1.54) is 30.0 Å². The van der Waals surface area contributed by atoms with Crippen LogP contribution in [0.3, 0.4) is 0 Å². The molecule has 4 aromatic rings. The maximum absolute atomic E-state index is 13.4. The molecule has 0 amide bonds. The lowest BCUT2D eigenvalue weighted by Crippen LogP contribution is -1.93. The number of hydrogen-bond acceptors (Lipinski definition) is 4. The number of rotatable bonds is 3. The van der Waals surface area contributed by atoms with Gasteiger partial charge in [-0.3, -0.25) is 9.78 Å². The minimum absolute atomic E-state index is 0.386. The number of aromatic amines is 1. The molecule has 0 unspecified atom stereocenters. The average Bonchev–Trinajstić information content (AvgIpc) is 3.28. The minimum Gasteiger partial charge on any atom is -0.340 e. The van der Waals surface area contributed by atoms with Crippen LogP contribution in [0, 0.1) is 5.82 Å². The van der Waals surface area contributed by atoms with Gasteiger partial charge in [-0.1, -0.05) is 0 Å². The van der Waals surface area contributed by atoms with Gasteiger partial charge >= 0.3 is 0 Å². The SMILES string of the molecule is Cn1nc(C2CC2)c2ccc(Nc3[nH]nc4ncc(F)cc34)cc21. The lowest BCUT2D eigenvalue weighted by Gasteiger charge is -2.05. The van der Waals surface area contributed by atoms with E-state index in [0.717, 1.165) is 17.4 Å². The molecule has 0 saturated heterocycles. The largest absolute Gasteiger partial charge is 0.340 e. The van der Waals surface area contributed by atoms with Crippen LogP contribution in [-0.2, 0) is 7.05 Å². The van der Waals surface area contributed by atoms with Crippen molar-refractivity contribution < 1.29 is 4.39 Å². The number of aryl methyl sites for hydroxylation is 1. The molecule has 1 aliphatic carbocycles. The third-order valence-corrected chi connectivity index (χ3v) is 4.49. The highest BCUT2D eigenvalue weighted by atomic mass is 19.1. The van der Waals surface area contributed by atoms with Crippen molar-refractivity contribution in [2.45, 2.75) is 18.8 Å². The normalized spacial score (nSPS) is 14.6. The van der Waals surface area contributed by atoms with Gasteiger partial charge in [0, 0.05) is 24.0 Å². The van der Waals surface area contributed by atoms with Gasteiger partial charge in [0.05, 0.1) is 22.8 Å². The number of nitrogens with zero attached hydrogens (tertiary/aromatic N) is 4. The molecule has 0 bridgehead atoms. The second kappa shape index (κ2) is 4.77. The first-order chi connectivity index (χ1) is 11.7. The van der Waals surface area contributed by atoms with Crippen LogP contribution in [0.25, 0.3) is 21.9 Å². The number of hydrogen-bond donors (Lipinski definition) is 2. The van der Waals surface area contributed by atoms with E-state index in [2.05, 4.69) is 31.7 Å². The molecule has 1 fully saturated rings. The van der Waals surface area contributed by atoms with Gasteiger partial charge in [-0.15, -0.1) is 0 Å². The molecule has 0 spiro atoms. The summed E-state index contributed by atoms with van der Waals surface area (Å²) in [5, 5.41) is 16.7. The van der Waals surface area contributed by atoms with E-state index in [9.17, 15) is 4.39 Å². The van der Waals surface area contributed by atoms with Crippen LogP contribution in [0.15, 0.2) is 30.5 Å². The van der Waals surface area contributed by atoms with Gasteiger partial charge in [0.2, 0.25) is 0 Å². The number of benzene rings is 1. The summed E-state index contributed by atoms with van der Waals surface area (Å²) in [6, 6.07) is 7.57. The molecule has 6 nitrogen and oxygen atoms in total. The standard InChI is InChI=1S/C17H15FN6/c1-24-14-7-11(4-5-12(14)15(23-24)9-2-3-9)20-17-13-6-10(18)8-19-16(13)21-22-17/h4-9H,2-3H2,1H3,(H2,19,20,21,22). The van der Waals surface area contributed by atoms with Crippen LogP contribution in [0.4, 0.5) is 15.9 Å². The van der Waals surface area contributed by atoms with Gasteiger partial charge in [-0.25, -0.2) is 9.37 Å². The van der Waals surface area contributed by atoms with Gasteiger partial charge in [0.15, 0.2) is 5.65 Å². The minimum atomic E-state index is -0.386. The fourth-order valence-corrected chi connectivity index (χ4v) is 3.14. The summed E-state index contributed by atoms with van der Waals surface area (Å²) in [5.74, 6) is 0.849. The quantitative estimate of drug-likeness (QED) is 0.604. The van der Waals surface area contributed by atoms with Gasteiger partial charge in [-0.2, -0.15) is 10.2 Å². The van der Waals surface area contributed by atoms with Crippen molar-refractivity contribution in [1.82, 2.24) is 25.0 Å². The Morgan fingerprint density at radius 1 is 1.25 bits per heavy atom. The first-order valence-electron chi connectivity index (χ1n) is 7.92. The Morgan fingerprint density at radius 3 is 2.96 bits per heavy atom. The zero-order valence-electron chi connectivity index (χ0n) is 13.0. The van der Waals surface area contributed by atoms with Crippen molar-refractivity contribution in [2.75, 3.05) is 5.32 Å². The van der Waals surface area contributed by atoms with Crippen molar-refractivity contribution in [3.8, 4) is 0 Å². The first kappa shape index (κ1) is 13.5. The topological polar surface area (TPSA) is 71.4 Å². The van der Waals surface area contributed by atoms with Crippen LogP contribution in [0.2, 0.25) is 0 Å². The third-order valence-electron chi connectivity index (χ3n) is 4.49. The van der Waals surface area contributed by atoms with Crippen LogP contribution in [-0.4, -0.2) is 25.0 Å². The molecular formula is C17H15FN6. The molecule has 2 N–H and O–H groups in total. The summed E-state index contributed by atoms with van der Waals surface area (Å²) in [6.07, 6.45) is 3.61. The van der Waals surface area contributed by atoms with E-state index in [-0.39, 0.29) is 5.82 Å². The Kier molecular flexibility index (Phi) is 2.68. The summed E-state index contributed by atoms with van der Waals surface area (Å²) in [4.78, 5) is 3.97. The molecule has 24 heavy (non-hydrogen) atoms. The number of aromatic nitrogens is 5.